The van der Waals surface area contributed by atoms with Gasteiger partial charge in [-0.15, -0.1) is 0 Å². The lowest BCUT2D eigenvalue weighted by molar-refractivity contribution is 0.0694. The van der Waals surface area contributed by atoms with Crippen LogP contribution in [-0.4, -0.2) is 38.6 Å². The number of aromatic nitrogens is 2. The van der Waals surface area contributed by atoms with Crippen LogP contribution >= 0.6 is 11.6 Å². The van der Waals surface area contributed by atoms with E-state index < -0.39 is 5.97 Å². The van der Waals surface area contributed by atoms with Gasteiger partial charge in [-0.05, 0) is 74.5 Å². The summed E-state index contributed by atoms with van der Waals surface area (Å²) in [7, 11) is 0. The highest BCUT2D eigenvalue weighted by atomic mass is 35.5. The lowest BCUT2D eigenvalue weighted by Gasteiger charge is -2.41. The second-order valence-corrected chi connectivity index (χ2v) is 11.6. The summed E-state index contributed by atoms with van der Waals surface area (Å²) in [4.78, 5) is 41.6. The van der Waals surface area contributed by atoms with Gasteiger partial charge in [-0.25, -0.2) is 9.59 Å². The third-order valence-electron chi connectivity index (χ3n) is 8.33. The predicted octanol–water partition coefficient (Wildman–Crippen LogP) is 6.34. The molecule has 1 aliphatic carbocycles. The van der Waals surface area contributed by atoms with Crippen molar-refractivity contribution < 1.29 is 14.6 Å². The van der Waals surface area contributed by atoms with Crippen molar-refractivity contribution in [3.05, 3.63) is 91.2 Å². The number of aromatic carboxylic acids is 1. The van der Waals surface area contributed by atoms with Crippen molar-refractivity contribution in [2.24, 2.45) is 5.92 Å². The molecule has 0 amide bonds. The van der Waals surface area contributed by atoms with E-state index in [9.17, 15) is 19.5 Å². The molecule has 2 fully saturated rings. The number of likely N-dealkylation sites (tertiary alicyclic amines) is 1. The summed E-state index contributed by atoms with van der Waals surface area (Å²) in [5.74, 6) is 0.274. The van der Waals surface area contributed by atoms with Crippen molar-refractivity contribution in [1.82, 2.24) is 14.5 Å². The van der Waals surface area contributed by atoms with E-state index >= 15 is 0 Å². The molecule has 9 heteroatoms. The minimum atomic E-state index is -1.06. The molecule has 2 heterocycles. The molecule has 1 aromatic heterocycles. The first-order valence-electron chi connectivity index (χ1n) is 14.2. The summed E-state index contributed by atoms with van der Waals surface area (Å²) < 4.78 is 7.76. The van der Waals surface area contributed by atoms with Crippen LogP contribution in [0.5, 0.6) is 11.5 Å². The second-order valence-electron chi connectivity index (χ2n) is 11.1. The average molecular weight is 566 g/mol. The highest BCUT2D eigenvalue weighted by molar-refractivity contribution is 6.30. The van der Waals surface area contributed by atoms with E-state index in [1.807, 2.05) is 12.1 Å². The average Bonchev–Trinajstić information content (AvgIpc) is 2.94. The van der Waals surface area contributed by atoms with E-state index in [4.69, 9.17) is 16.3 Å². The molecule has 8 nitrogen and oxygen atoms in total. The fraction of sp³-hybridized carbons (Fsp3) is 0.452. The molecule has 2 atom stereocenters. The summed E-state index contributed by atoms with van der Waals surface area (Å²) in [6, 6.07) is 12.3. The van der Waals surface area contributed by atoms with Crippen molar-refractivity contribution >= 4 is 17.6 Å². The zero-order chi connectivity index (χ0) is 28.2. The van der Waals surface area contributed by atoms with Crippen molar-refractivity contribution in [3.8, 4) is 11.5 Å². The molecule has 1 saturated heterocycles. The number of nitrogens with zero attached hydrogens (tertiary/aromatic N) is 2. The number of hydrogen-bond donors (Lipinski definition) is 2. The van der Waals surface area contributed by atoms with Gasteiger partial charge in [0.1, 0.15) is 17.1 Å². The van der Waals surface area contributed by atoms with Gasteiger partial charge < -0.3 is 9.84 Å². The minimum Gasteiger partial charge on any atom is -0.478 e. The number of hydrogen-bond acceptors (Lipinski definition) is 5. The van der Waals surface area contributed by atoms with E-state index in [1.165, 1.54) is 32.1 Å². The van der Waals surface area contributed by atoms with E-state index in [-0.39, 0.29) is 34.6 Å². The second kappa shape index (κ2) is 12.4. The Morgan fingerprint density at radius 3 is 2.65 bits per heavy atom. The van der Waals surface area contributed by atoms with Gasteiger partial charge >= 0.3 is 11.7 Å². The highest BCUT2D eigenvalue weighted by Crippen LogP contribution is 2.39. The van der Waals surface area contributed by atoms with Gasteiger partial charge in [0.2, 0.25) is 0 Å². The van der Waals surface area contributed by atoms with Crippen LogP contribution in [-0.2, 0) is 0 Å². The van der Waals surface area contributed by atoms with Crippen LogP contribution in [0.25, 0.3) is 0 Å². The third kappa shape index (κ3) is 6.50. The number of aromatic amines is 1. The van der Waals surface area contributed by atoms with E-state index in [2.05, 4.69) is 9.88 Å². The molecular weight excluding hydrogens is 530 g/mol. The molecule has 1 aliphatic heterocycles. The smallest absolute Gasteiger partial charge is 0.339 e. The van der Waals surface area contributed by atoms with Crippen molar-refractivity contribution in [2.75, 3.05) is 13.1 Å². The molecule has 3 aromatic rings. The third-order valence-corrected chi connectivity index (χ3v) is 8.57. The Balaban J connectivity index is 1.49. The van der Waals surface area contributed by atoms with Gasteiger partial charge in [0, 0.05) is 29.4 Å². The van der Waals surface area contributed by atoms with Crippen molar-refractivity contribution in [1.29, 1.82) is 0 Å². The molecular formula is C31H36ClN3O5. The highest BCUT2D eigenvalue weighted by Gasteiger charge is 2.31. The lowest BCUT2D eigenvalue weighted by Crippen LogP contribution is -2.43. The standard InChI is InChI=1S/C31H36ClN3O5/c1-20-18-35(31(39)33-29(20)36)24-10-6-14-34(19-24)27(15-21-7-3-2-4-8-21)22-12-13-26(30(37)38)28(16-22)40-25-11-5-9-23(32)17-25/h5,9,11-13,16-18,21,24,27H,2-4,6-8,10,14-15,19H2,1H3,(H,37,38)(H,33,36,39)/t24-,27+/m0/s1. The quantitative estimate of drug-likeness (QED) is 0.330. The van der Waals surface area contributed by atoms with Crippen LogP contribution in [0.3, 0.4) is 0 Å². The predicted molar refractivity (Wildman–Crippen MR) is 155 cm³/mol. The summed E-state index contributed by atoms with van der Waals surface area (Å²) in [6.45, 7) is 3.25. The van der Waals surface area contributed by atoms with Gasteiger partial charge in [0.15, 0.2) is 0 Å². The molecule has 5 rings (SSSR count). The van der Waals surface area contributed by atoms with Crippen molar-refractivity contribution in [2.45, 2.75) is 70.4 Å². The molecule has 2 aromatic carbocycles. The summed E-state index contributed by atoms with van der Waals surface area (Å²) in [5.41, 5.74) is 0.872. The number of benzene rings is 2. The number of carboxylic acid groups (broad SMARTS) is 1. The number of halogens is 1. The Morgan fingerprint density at radius 2 is 1.90 bits per heavy atom. The number of nitrogens with one attached hydrogen (secondary N) is 1. The largest absolute Gasteiger partial charge is 0.478 e. The van der Waals surface area contributed by atoms with Crippen LogP contribution in [0.15, 0.2) is 58.3 Å². The Morgan fingerprint density at radius 1 is 1.10 bits per heavy atom. The van der Waals surface area contributed by atoms with Gasteiger partial charge in [-0.3, -0.25) is 19.2 Å². The maximum absolute atomic E-state index is 12.7. The first-order valence-corrected chi connectivity index (χ1v) is 14.5. The van der Waals surface area contributed by atoms with Gasteiger partial charge in [0.05, 0.1) is 6.04 Å². The molecule has 1 saturated carbocycles. The fourth-order valence-electron chi connectivity index (χ4n) is 6.25. The summed E-state index contributed by atoms with van der Waals surface area (Å²) in [6.07, 6.45) is 10.5. The molecule has 0 spiro atoms. The van der Waals surface area contributed by atoms with E-state index in [1.54, 1.807) is 48.0 Å². The molecule has 2 N–H and O–H groups in total. The first kappa shape index (κ1) is 28.2. The number of H-pyrrole nitrogens is 1. The monoisotopic (exact) mass is 565 g/mol. The molecule has 0 unspecified atom stereocenters. The number of carbonyl (C=O) groups is 1. The Hall–Kier alpha value is -3.36. The fourth-order valence-corrected chi connectivity index (χ4v) is 6.43. The number of rotatable bonds is 8. The zero-order valence-corrected chi connectivity index (χ0v) is 23.5. The van der Waals surface area contributed by atoms with E-state index in [0.29, 0.717) is 28.8 Å². The first-order chi connectivity index (χ1) is 19.3. The molecule has 0 radical (unpaired) electrons. The van der Waals surface area contributed by atoms with Gasteiger partial charge in [-0.1, -0.05) is 55.8 Å². The molecule has 0 bridgehead atoms. The molecule has 2 aliphatic rings. The maximum atomic E-state index is 12.7. The number of carboxylic acids is 1. The van der Waals surface area contributed by atoms with Crippen LogP contribution in [0.1, 0.15) is 84.9 Å². The minimum absolute atomic E-state index is 0.0371. The normalized spacial score (nSPS) is 19.3. The summed E-state index contributed by atoms with van der Waals surface area (Å²) >= 11 is 6.15. The van der Waals surface area contributed by atoms with Crippen LogP contribution in [0, 0.1) is 12.8 Å². The Labute approximate surface area is 238 Å². The summed E-state index contributed by atoms with van der Waals surface area (Å²) in [5, 5.41) is 10.4. The topological polar surface area (TPSA) is 105 Å². The number of piperidine rings is 1. The molecule has 212 valence electrons. The Bertz CT molecular complexity index is 1480. The SMILES string of the molecule is Cc1cn([C@H]2CCCN([C@H](CC3CCCCC3)c3ccc(C(=O)O)c(Oc4cccc(Cl)c4)c3)C2)c(=O)[nH]c1=O. The zero-order valence-electron chi connectivity index (χ0n) is 22.8. The van der Waals surface area contributed by atoms with Crippen molar-refractivity contribution in [3.63, 3.8) is 0 Å². The van der Waals surface area contributed by atoms with Gasteiger partial charge in [0.25, 0.3) is 5.56 Å². The Kier molecular flexibility index (Phi) is 8.76. The lowest BCUT2D eigenvalue weighted by atomic mass is 9.82. The van der Waals surface area contributed by atoms with Crippen LogP contribution in [0.4, 0.5) is 0 Å². The number of aryl methyl sites for hydroxylation is 1. The van der Waals surface area contributed by atoms with Crippen LogP contribution < -0.4 is 16.0 Å². The van der Waals surface area contributed by atoms with Gasteiger partial charge in [-0.2, -0.15) is 0 Å². The van der Waals surface area contributed by atoms with E-state index in [0.717, 1.165) is 31.4 Å². The molecule has 40 heavy (non-hydrogen) atoms. The maximum Gasteiger partial charge on any atom is 0.339 e. The number of ether oxygens (including phenoxy) is 1. The van der Waals surface area contributed by atoms with Crippen LogP contribution in [0.2, 0.25) is 5.02 Å².